The minimum Gasteiger partial charge on any atom is -0.257 e. The molecule has 2 nitrogen and oxygen atoms in total. The topological polar surface area (TPSA) is 16.8 Å². The Hall–Kier alpha value is -2.48. The quantitative estimate of drug-likeness (QED) is 0.352. The first-order chi connectivity index (χ1) is 17.2. The molecule has 0 aliphatic heterocycles. The van der Waals surface area contributed by atoms with E-state index in [0.29, 0.717) is 41.6 Å². The number of aryl methyl sites for hydroxylation is 5. The van der Waals surface area contributed by atoms with Gasteiger partial charge in [-0.05, 0) is 80.2 Å². The normalized spacial score (nSPS) is 21.2. The molecule has 3 aromatic rings. The van der Waals surface area contributed by atoms with Crippen molar-refractivity contribution < 1.29 is 14.2 Å². The third-order valence-electron chi connectivity index (χ3n) is 6.73. The van der Waals surface area contributed by atoms with Crippen molar-refractivity contribution in [2.75, 3.05) is 0 Å². The van der Waals surface area contributed by atoms with E-state index in [1.54, 1.807) is 12.3 Å². The molecule has 1 fully saturated rings. The number of hydrogen-bond donors (Lipinski definition) is 0. The number of fused-ring (bicyclic) bond motifs is 3. The molecule has 1 saturated carbocycles. The van der Waals surface area contributed by atoms with Crippen LogP contribution < -0.4 is 4.57 Å². The second-order valence-electron chi connectivity index (χ2n) is 8.85. The first-order valence-corrected chi connectivity index (χ1v) is 10.9. The van der Waals surface area contributed by atoms with Crippen LogP contribution in [0.4, 0.5) is 0 Å². The van der Waals surface area contributed by atoms with Gasteiger partial charge in [-0.25, -0.2) is 4.57 Å². The van der Waals surface area contributed by atoms with Crippen molar-refractivity contribution in [3.05, 3.63) is 69.7 Å². The number of hydrogen-bond acceptors (Lipinski definition) is 1. The van der Waals surface area contributed by atoms with Crippen LogP contribution in [0.3, 0.4) is 0 Å². The fourth-order valence-electron chi connectivity index (χ4n) is 5.31. The molecule has 2 heterocycles. The minimum absolute atomic E-state index is 0.242. The Labute approximate surface area is 190 Å². The summed E-state index contributed by atoms with van der Waals surface area (Å²) < 4.78 is 60.3. The molecule has 0 spiro atoms. The van der Waals surface area contributed by atoms with E-state index in [1.165, 1.54) is 0 Å². The Balaban J connectivity index is 1.77. The Morgan fingerprint density at radius 3 is 2.57 bits per heavy atom. The van der Waals surface area contributed by atoms with Crippen LogP contribution in [0.1, 0.15) is 86.8 Å². The smallest absolute Gasteiger partial charge is 0.213 e. The summed E-state index contributed by atoms with van der Waals surface area (Å²) >= 11 is 0. The van der Waals surface area contributed by atoms with Gasteiger partial charge in [0.2, 0.25) is 5.69 Å². The van der Waals surface area contributed by atoms with Crippen LogP contribution >= 0.6 is 0 Å². The van der Waals surface area contributed by atoms with Crippen molar-refractivity contribution in [1.29, 1.82) is 0 Å². The lowest BCUT2D eigenvalue weighted by Crippen LogP contribution is -2.32. The fraction of sp³-hybridized carbons (Fsp3) is 0.429. The largest absolute Gasteiger partial charge is 0.257 e. The van der Waals surface area contributed by atoms with Crippen molar-refractivity contribution in [1.82, 2.24) is 4.98 Å². The average molecular weight is 405 g/mol. The Bertz CT molecular complexity index is 1400. The van der Waals surface area contributed by atoms with E-state index in [4.69, 9.17) is 13.2 Å². The molecule has 2 aromatic heterocycles. The molecule has 2 aliphatic rings. The maximum Gasteiger partial charge on any atom is 0.213 e. The van der Waals surface area contributed by atoms with Crippen LogP contribution in [-0.2, 0) is 13.5 Å². The van der Waals surface area contributed by atoms with E-state index in [1.807, 2.05) is 43.7 Å². The Morgan fingerprint density at radius 1 is 1.00 bits per heavy atom. The maximum atomic E-state index is 9.31. The standard InChI is InChI=1S/C28H33N2/c1-17-11-12-22-24(14-25-27(22)18(2)13-20(4)29-25)28(17)26-15-23(19(3)16-30(26)5)21-9-7-6-8-10-21/h11-13,15-16,21H,6-10,14H2,1-5H3/q+1/i2D3,3D3,21D. The van der Waals surface area contributed by atoms with Gasteiger partial charge in [-0.3, -0.25) is 4.98 Å². The summed E-state index contributed by atoms with van der Waals surface area (Å²) in [5, 5.41) is 0. The maximum absolute atomic E-state index is 9.31. The number of benzene rings is 1. The lowest BCUT2D eigenvalue weighted by Gasteiger charge is -2.23. The van der Waals surface area contributed by atoms with Gasteiger partial charge in [0.05, 0.1) is 11.3 Å². The minimum atomic E-state index is -2.32. The number of rotatable bonds is 2. The van der Waals surface area contributed by atoms with Crippen molar-refractivity contribution in [3.63, 3.8) is 0 Å². The summed E-state index contributed by atoms with van der Waals surface area (Å²) in [7, 11) is 1.85. The zero-order chi connectivity index (χ0) is 26.9. The summed E-state index contributed by atoms with van der Waals surface area (Å²) in [6.45, 7) is -0.738. The van der Waals surface area contributed by atoms with Crippen molar-refractivity contribution in [3.8, 4) is 22.4 Å². The number of pyridine rings is 2. The molecule has 1 aromatic carbocycles. The van der Waals surface area contributed by atoms with Crippen molar-refractivity contribution in [2.45, 2.75) is 72.0 Å². The van der Waals surface area contributed by atoms with E-state index in [9.17, 15) is 1.37 Å². The highest BCUT2D eigenvalue weighted by Gasteiger charge is 2.30. The molecule has 2 aliphatic carbocycles. The molecular formula is C28H33N2+. The summed E-state index contributed by atoms with van der Waals surface area (Å²) in [5.74, 6) is -0.938. The van der Waals surface area contributed by atoms with Gasteiger partial charge in [0.15, 0.2) is 6.20 Å². The van der Waals surface area contributed by atoms with Gasteiger partial charge in [-0.15, -0.1) is 0 Å². The highest BCUT2D eigenvalue weighted by molar-refractivity contribution is 5.85. The predicted octanol–water partition coefficient (Wildman–Crippen LogP) is 6.43. The lowest BCUT2D eigenvalue weighted by molar-refractivity contribution is -0.660. The van der Waals surface area contributed by atoms with Gasteiger partial charge >= 0.3 is 0 Å². The zero-order valence-corrected chi connectivity index (χ0v) is 18.0. The Kier molecular flexibility index (Phi) is 3.19. The molecule has 0 unspecified atom stereocenters. The lowest BCUT2D eigenvalue weighted by atomic mass is 9.82. The summed E-state index contributed by atoms with van der Waals surface area (Å²) in [4.78, 5) is 4.72. The highest BCUT2D eigenvalue weighted by atomic mass is 14.9. The molecule has 5 rings (SSSR count). The zero-order valence-electron chi connectivity index (χ0n) is 25.0. The first kappa shape index (κ1) is 13.0. The summed E-state index contributed by atoms with van der Waals surface area (Å²) in [6, 6.07) is 7.57. The SMILES string of the molecule is [2H]C([2H])([2H])c1c[n+](C)c(-c2c(C)ccc3c2Cc2nc(C)cc(C([2H])([2H])[2H])c2-3)cc1C1([2H])CCCCC1. The van der Waals surface area contributed by atoms with Crippen molar-refractivity contribution >= 4 is 0 Å². The highest BCUT2D eigenvalue weighted by Crippen LogP contribution is 2.44. The number of aromatic nitrogens is 2. The molecule has 0 N–H and O–H groups in total. The van der Waals surface area contributed by atoms with E-state index in [2.05, 4.69) is 0 Å². The molecule has 0 bridgehead atoms. The first-order valence-electron chi connectivity index (χ1n) is 14.4. The van der Waals surface area contributed by atoms with Gasteiger partial charge in [0, 0.05) is 38.9 Å². The molecule has 0 amide bonds. The second kappa shape index (κ2) is 7.34. The van der Waals surface area contributed by atoms with Gasteiger partial charge in [-0.2, -0.15) is 0 Å². The monoisotopic (exact) mass is 404 g/mol. The van der Waals surface area contributed by atoms with Gasteiger partial charge in [0.1, 0.15) is 7.05 Å². The average Bonchev–Trinajstić information content (AvgIpc) is 3.15. The van der Waals surface area contributed by atoms with E-state index < -0.39 is 19.6 Å². The van der Waals surface area contributed by atoms with Gasteiger partial charge < -0.3 is 0 Å². The van der Waals surface area contributed by atoms with E-state index >= 15 is 0 Å². The van der Waals surface area contributed by atoms with Crippen molar-refractivity contribution in [2.24, 2.45) is 7.05 Å². The predicted molar refractivity (Wildman–Crippen MR) is 124 cm³/mol. The van der Waals surface area contributed by atoms with Crippen LogP contribution in [0.15, 0.2) is 30.5 Å². The third kappa shape index (κ3) is 3.09. The van der Waals surface area contributed by atoms with Gasteiger partial charge in [0.25, 0.3) is 0 Å². The molecule has 0 saturated heterocycles. The van der Waals surface area contributed by atoms with E-state index in [0.717, 1.165) is 52.9 Å². The molecule has 0 atom stereocenters. The summed E-state index contributed by atoms with van der Waals surface area (Å²) in [5.41, 5.74) is 7.98. The third-order valence-corrected chi connectivity index (χ3v) is 6.73. The fourth-order valence-corrected chi connectivity index (χ4v) is 5.31. The molecule has 2 heteroatoms. The molecular weight excluding hydrogens is 364 g/mol. The van der Waals surface area contributed by atoms with Gasteiger partial charge in [-0.1, -0.05) is 31.4 Å². The number of nitrogens with zero attached hydrogens (tertiary/aromatic N) is 2. The van der Waals surface area contributed by atoms with Crippen LogP contribution in [0, 0.1) is 27.6 Å². The molecule has 30 heavy (non-hydrogen) atoms. The Morgan fingerprint density at radius 2 is 1.80 bits per heavy atom. The molecule has 154 valence electrons. The van der Waals surface area contributed by atoms with Crippen LogP contribution in [0.25, 0.3) is 22.4 Å². The summed E-state index contributed by atoms with van der Waals surface area (Å²) in [6.07, 6.45) is 6.38. The van der Waals surface area contributed by atoms with Crippen LogP contribution in [0.5, 0.6) is 0 Å². The van der Waals surface area contributed by atoms with E-state index in [-0.39, 0.29) is 5.56 Å². The van der Waals surface area contributed by atoms with Crippen LogP contribution in [-0.4, -0.2) is 4.98 Å². The second-order valence-corrected chi connectivity index (χ2v) is 8.85. The molecule has 0 radical (unpaired) electrons. The van der Waals surface area contributed by atoms with Crippen LogP contribution in [0.2, 0.25) is 0 Å².